The molecule has 4 heteroatoms. The summed E-state index contributed by atoms with van der Waals surface area (Å²) in [5, 5.41) is 0.739. The normalized spacial score (nSPS) is 15.3. The number of rotatable bonds is 2. The second-order valence-corrected chi connectivity index (χ2v) is 6.20. The van der Waals surface area contributed by atoms with Crippen molar-refractivity contribution in [1.82, 2.24) is 4.90 Å². The lowest BCUT2D eigenvalue weighted by molar-refractivity contribution is 0.101. The van der Waals surface area contributed by atoms with E-state index in [1.54, 1.807) is 6.92 Å². The van der Waals surface area contributed by atoms with Gasteiger partial charge in [0.15, 0.2) is 5.78 Å². The first kappa shape index (κ1) is 15.1. The molecule has 0 fully saturated rings. The van der Waals surface area contributed by atoms with Crippen molar-refractivity contribution in [2.24, 2.45) is 0 Å². The Morgan fingerprint density at radius 2 is 1.82 bits per heavy atom. The van der Waals surface area contributed by atoms with E-state index in [1.807, 2.05) is 36.4 Å². The van der Waals surface area contributed by atoms with Crippen LogP contribution >= 0.6 is 11.6 Å². The largest absolute Gasteiger partial charge is 0.340 e. The molecule has 114 valence electrons. The third-order valence-corrected chi connectivity index (χ3v) is 4.31. The van der Waals surface area contributed by atoms with E-state index < -0.39 is 0 Å². The molecule has 0 saturated heterocycles. The third kappa shape index (κ3) is 3.01. The SMILES string of the molecule is CC(=O)c1ccc2c(c1)CN(C)CCN2c1ccc(Cl)cc1. The lowest BCUT2D eigenvalue weighted by Crippen LogP contribution is -2.26. The van der Waals surface area contributed by atoms with Gasteiger partial charge in [-0.05, 0) is 62.0 Å². The highest BCUT2D eigenvalue weighted by Crippen LogP contribution is 2.32. The van der Waals surface area contributed by atoms with Crippen LogP contribution in [0, 0.1) is 0 Å². The second kappa shape index (κ2) is 6.11. The van der Waals surface area contributed by atoms with Crippen LogP contribution in [0.3, 0.4) is 0 Å². The molecule has 0 aliphatic carbocycles. The van der Waals surface area contributed by atoms with Gasteiger partial charge in [-0.3, -0.25) is 4.79 Å². The van der Waals surface area contributed by atoms with Crippen molar-refractivity contribution in [3.8, 4) is 0 Å². The molecule has 2 aromatic carbocycles. The maximum atomic E-state index is 11.6. The molecule has 22 heavy (non-hydrogen) atoms. The van der Waals surface area contributed by atoms with Crippen LogP contribution in [0.5, 0.6) is 0 Å². The maximum absolute atomic E-state index is 11.6. The van der Waals surface area contributed by atoms with Crippen molar-refractivity contribution in [2.45, 2.75) is 13.5 Å². The third-order valence-electron chi connectivity index (χ3n) is 4.06. The second-order valence-electron chi connectivity index (χ2n) is 5.77. The number of likely N-dealkylation sites (N-methyl/N-ethyl adjacent to an activating group) is 1. The van der Waals surface area contributed by atoms with Crippen LogP contribution < -0.4 is 4.90 Å². The molecule has 1 heterocycles. The van der Waals surface area contributed by atoms with Crippen LogP contribution in [0.25, 0.3) is 0 Å². The maximum Gasteiger partial charge on any atom is 0.159 e. The minimum absolute atomic E-state index is 0.104. The first-order chi connectivity index (χ1) is 10.5. The standard InChI is InChI=1S/C18H19ClN2O/c1-13(22)14-3-8-18-15(11-14)12-20(2)9-10-21(18)17-6-4-16(19)5-7-17/h3-8,11H,9-10,12H2,1-2H3. The first-order valence-electron chi connectivity index (χ1n) is 7.40. The van der Waals surface area contributed by atoms with Gasteiger partial charge in [0.2, 0.25) is 0 Å². The van der Waals surface area contributed by atoms with Gasteiger partial charge in [-0.15, -0.1) is 0 Å². The van der Waals surface area contributed by atoms with Gasteiger partial charge in [-0.2, -0.15) is 0 Å². The average molecular weight is 315 g/mol. The molecule has 3 nitrogen and oxygen atoms in total. The summed E-state index contributed by atoms with van der Waals surface area (Å²) in [6.45, 7) is 4.33. The zero-order valence-electron chi connectivity index (χ0n) is 12.8. The minimum atomic E-state index is 0.104. The van der Waals surface area contributed by atoms with Gasteiger partial charge in [0.1, 0.15) is 0 Å². The number of ketones is 1. The Morgan fingerprint density at radius 3 is 2.50 bits per heavy atom. The van der Waals surface area contributed by atoms with Crippen LogP contribution in [-0.4, -0.2) is 30.8 Å². The highest BCUT2D eigenvalue weighted by molar-refractivity contribution is 6.30. The molecule has 0 radical (unpaired) electrons. The monoisotopic (exact) mass is 314 g/mol. The molecule has 0 spiro atoms. The summed E-state index contributed by atoms with van der Waals surface area (Å²) in [6.07, 6.45) is 0. The van der Waals surface area contributed by atoms with E-state index in [1.165, 1.54) is 5.56 Å². The number of fused-ring (bicyclic) bond motifs is 1. The summed E-state index contributed by atoms with van der Waals surface area (Å²) < 4.78 is 0. The quantitative estimate of drug-likeness (QED) is 0.779. The molecular weight excluding hydrogens is 296 g/mol. The molecule has 0 aromatic heterocycles. The van der Waals surface area contributed by atoms with Crippen molar-refractivity contribution < 1.29 is 4.79 Å². The molecule has 0 bridgehead atoms. The fourth-order valence-corrected chi connectivity index (χ4v) is 2.97. The van der Waals surface area contributed by atoms with Gasteiger partial charge in [0, 0.05) is 41.6 Å². The number of halogens is 1. The van der Waals surface area contributed by atoms with Gasteiger partial charge >= 0.3 is 0 Å². The summed E-state index contributed by atoms with van der Waals surface area (Å²) in [4.78, 5) is 16.2. The van der Waals surface area contributed by atoms with E-state index >= 15 is 0 Å². The topological polar surface area (TPSA) is 23.6 Å². The lowest BCUT2D eigenvalue weighted by Gasteiger charge is -2.25. The Balaban J connectivity index is 2.06. The van der Waals surface area contributed by atoms with Gasteiger partial charge in [0.25, 0.3) is 0 Å². The summed E-state index contributed by atoms with van der Waals surface area (Å²) in [5.41, 5.74) is 4.24. The molecule has 0 atom stereocenters. The Labute approximate surface area is 136 Å². The van der Waals surface area contributed by atoms with E-state index in [0.29, 0.717) is 0 Å². The molecule has 1 aliphatic heterocycles. The Hall–Kier alpha value is -1.84. The van der Waals surface area contributed by atoms with Crippen molar-refractivity contribution in [3.63, 3.8) is 0 Å². The number of anilines is 2. The lowest BCUT2D eigenvalue weighted by atomic mass is 10.0. The smallest absolute Gasteiger partial charge is 0.159 e. The van der Waals surface area contributed by atoms with Crippen molar-refractivity contribution in [1.29, 1.82) is 0 Å². The van der Waals surface area contributed by atoms with Crippen LogP contribution in [-0.2, 0) is 6.54 Å². The number of hydrogen-bond donors (Lipinski definition) is 0. The summed E-state index contributed by atoms with van der Waals surface area (Å²) in [7, 11) is 2.11. The van der Waals surface area contributed by atoms with Crippen LogP contribution in [0.1, 0.15) is 22.8 Å². The molecule has 0 saturated carbocycles. The van der Waals surface area contributed by atoms with Crippen molar-refractivity contribution >= 4 is 28.8 Å². The Kier molecular flexibility index (Phi) is 4.19. The van der Waals surface area contributed by atoms with Crippen molar-refractivity contribution in [3.05, 3.63) is 58.6 Å². The number of carbonyl (C=O) groups excluding carboxylic acids is 1. The van der Waals surface area contributed by atoms with Gasteiger partial charge < -0.3 is 9.80 Å². The molecule has 2 aromatic rings. The van der Waals surface area contributed by atoms with Crippen LogP contribution in [0.15, 0.2) is 42.5 Å². The number of Topliss-reactive ketones (excluding diaryl/α,β-unsaturated/α-hetero) is 1. The number of nitrogens with zero attached hydrogens (tertiary/aromatic N) is 2. The van der Waals surface area contributed by atoms with Crippen LogP contribution in [0.4, 0.5) is 11.4 Å². The zero-order chi connectivity index (χ0) is 15.7. The van der Waals surface area contributed by atoms with E-state index in [-0.39, 0.29) is 5.78 Å². The summed E-state index contributed by atoms with van der Waals surface area (Å²) >= 11 is 6.00. The summed E-state index contributed by atoms with van der Waals surface area (Å²) in [6, 6.07) is 13.9. The highest BCUT2D eigenvalue weighted by atomic mass is 35.5. The zero-order valence-corrected chi connectivity index (χ0v) is 13.6. The number of benzene rings is 2. The predicted molar refractivity (Wildman–Crippen MR) is 91.2 cm³/mol. The molecule has 1 aliphatic rings. The predicted octanol–water partition coefficient (Wildman–Crippen LogP) is 4.13. The van der Waals surface area contributed by atoms with E-state index in [4.69, 9.17) is 11.6 Å². The van der Waals surface area contributed by atoms with Gasteiger partial charge in [0.05, 0.1) is 0 Å². The Bertz CT molecular complexity index is 697. The van der Waals surface area contributed by atoms with Gasteiger partial charge in [-0.25, -0.2) is 0 Å². The fourth-order valence-electron chi connectivity index (χ4n) is 2.84. The fraction of sp³-hybridized carbons (Fsp3) is 0.278. The molecule has 0 N–H and O–H groups in total. The minimum Gasteiger partial charge on any atom is -0.340 e. The van der Waals surface area contributed by atoms with E-state index in [0.717, 1.165) is 41.6 Å². The highest BCUT2D eigenvalue weighted by Gasteiger charge is 2.20. The molecular formula is C18H19ClN2O. The molecule has 3 rings (SSSR count). The van der Waals surface area contributed by atoms with Crippen molar-refractivity contribution in [2.75, 3.05) is 25.0 Å². The number of hydrogen-bond acceptors (Lipinski definition) is 3. The van der Waals surface area contributed by atoms with Crippen LogP contribution in [0.2, 0.25) is 5.02 Å². The first-order valence-corrected chi connectivity index (χ1v) is 7.78. The molecule has 0 amide bonds. The van der Waals surface area contributed by atoms with E-state index in [2.05, 4.69) is 22.9 Å². The Morgan fingerprint density at radius 1 is 1.09 bits per heavy atom. The van der Waals surface area contributed by atoms with Gasteiger partial charge in [-0.1, -0.05) is 11.6 Å². The number of carbonyl (C=O) groups is 1. The summed E-state index contributed by atoms with van der Waals surface area (Å²) in [5.74, 6) is 0.104. The average Bonchev–Trinajstić information content (AvgIpc) is 2.65. The van der Waals surface area contributed by atoms with E-state index in [9.17, 15) is 4.79 Å². The molecule has 0 unspecified atom stereocenters.